The number of hydrogen-bond donors (Lipinski definition) is 3. The van der Waals surface area contributed by atoms with Gasteiger partial charge in [-0.3, -0.25) is 14.4 Å². The Morgan fingerprint density at radius 1 is 0.929 bits per heavy atom. The summed E-state index contributed by atoms with van der Waals surface area (Å²) < 4.78 is 12.2. The molecule has 0 aromatic heterocycles. The number of nitrogens with one attached hydrogen (secondary N) is 2. The van der Waals surface area contributed by atoms with Gasteiger partial charge in [-0.1, -0.05) is 36.4 Å². The molecule has 8 nitrogen and oxygen atoms in total. The van der Waals surface area contributed by atoms with E-state index in [2.05, 4.69) is 26.6 Å². The van der Waals surface area contributed by atoms with Crippen LogP contribution in [0.1, 0.15) is 49.8 Å². The van der Waals surface area contributed by atoms with Crippen LogP contribution in [-0.4, -0.2) is 41.5 Å². The minimum Gasteiger partial charge on any atom is -0.490 e. The van der Waals surface area contributed by atoms with Crippen molar-refractivity contribution in [3.8, 4) is 11.5 Å². The van der Waals surface area contributed by atoms with Crippen molar-refractivity contribution in [2.24, 2.45) is 11.8 Å². The third-order valence-corrected chi connectivity index (χ3v) is 8.23. The standard InChI is InChI=1S/C33H37BrN2O6/c1-6-41-26-17-21(16-22(34)30(26)42-7-2)27-28(31(38)35-23-14-10-8-12-19(23)3)25(37)18-33(5,40)29(27)32(39)36-24-15-11-9-13-20(24)4/h8-17,27-29,40H,6-7,18H2,1-5H3,(H,35,38)(H,36,39). The van der Waals surface area contributed by atoms with Crippen molar-refractivity contribution >= 4 is 44.9 Å². The molecule has 0 saturated heterocycles. The van der Waals surface area contributed by atoms with Crippen LogP contribution < -0.4 is 20.1 Å². The number of hydrogen-bond acceptors (Lipinski definition) is 6. The molecule has 222 valence electrons. The van der Waals surface area contributed by atoms with Gasteiger partial charge in [-0.2, -0.15) is 0 Å². The van der Waals surface area contributed by atoms with Crippen LogP contribution in [0.15, 0.2) is 65.1 Å². The number of aryl methyl sites for hydroxylation is 2. The summed E-state index contributed by atoms with van der Waals surface area (Å²) in [7, 11) is 0. The van der Waals surface area contributed by atoms with Gasteiger partial charge < -0.3 is 25.2 Å². The van der Waals surface area contributed by atoms with Crippen LogP contribution in [0.4, 0.5) is 11.4 Å². The number of amides is 2. The molecule has 4 rings (SSSR count). The summed E-state index contributed by atoms with van der Waals surface area (Å²) >= 11 is 3.57. The van der Waals surface area contributed by atoms with Crippen molar-refractivity contribution in [2.45, 2.75) is 52.6 Å². The number of aliphatic hydroxyl groups is 1. The number of ether oxygens (including phenoxy) is 2. The summed E-state index contributed by atoms with van der Waals surface area (Å²) in [5.41, 5.74) is 1.55. The van der Waals surface area contributed by atoms with Gasteiger partial charge >= 0.3 is 0 Å². The van der Waals surface area contributed by atoms with Gasteiger partial charge in [0, 0.05) is 23.7 Å². The number of carbonyl (C=O) groups is 3. The molecule has 2 amide bonds. The highest BCUT2D eigenvalue weighted by Crippen LogP contribution is 2.49. The van der Waals surface area contributed by atoms with E-state index in [1.54, 1.807) is 36.4 Å². The quantitative estimate of drug-likeness (QED) is 0.242. The minimum atomic E-state index is -1.75. The average Bonchev–Trinajstić information content (AvgIpc) is 2.92. The van der Waals surface area contributed by atoms with Gasteiger partial charge in [0.1, 0.15) is 11.7 Å². The fourth-order valence-corrected chi connectivity index (χ4v) is 6.24. The predicted octanol–water partition coefficient (Wildman–Crippen LogP) is 6.18. The van der Waals surface area contributed by atoms with Gasteiger partial charge in [0.15, 0.2) is 11.5 Å². The molecule has 4 unspecified atom stereocenters. The van der Waals surface area contributed by atoms with E-state index in [9.17, 15) is 19.5 Å². The first-order valence-electron chi connectivity index (χ1n) is 14.1. The van der Waals surface area contributed by atoms with Crippen LogP contribution in [0.2, 0.25) is 0 Å². The Balaban J connectivity index is 1.88. The molecular formula is C33H37BrN2O6. The number of ketones is 1. The van der Waals surface area contributed by atoms with E-state index in [0.717, 1.165) is 11.1 Å². The van der Waals surface area contributed by atoms with Crippen LogP contribution in [0.3, 0.4) is 0 Å². The Labute approximate surface area is 254 Å². The van der Waals surface area contributed by atoms with Crippen molar-refractivity contribution in [1.29, 1.82) is 0 Å². The van der Waals surface area contributed by atoms with E-state index in [-0.39, 0.29) is 6.42 Å². The van der Waals surface area contributed by atoms with Crippen molar-refractivity contribution in [3.63, 3.8) is 0 Å². The second-order valence-electron chi connectivity index (χ2n) is 10.8. The molecule has 4 atom stereocenters. The molecular weight excluding hydrogens is 600 g/mol. The lowest BCUT2D eigenvalue weighted by Crippen LogP contribution is -2.56. The third kappa shape index (κ3) is 6.52. The van der Waals surface area contributed by atoms with Crippen molar-refractivity contribution in [3.05, 3.63) is 81.8 Å². The lowest BCUT2D eigenvalue weighted by Gasteiger charge is -2.44. The number of rotatable bonds is 9. The van der Waals surface area contributed by atoms with E-state index in [0.29, 0.717) is 46.1 Å². The Hall–Kier alpha value is -3.69. The largest absolute Gasteiger partial charge is 0.490 e. The Kier molecular flexibility index (Phi) is 9.74. The second-order valence-corrected chi connectivity index (χ2v) is 11.6. The van der Waals surface area contributed by atoms with E-state index in [1.165, 1.54) is 6.92 Å². The summed E-state index contributed by atoms with van der Waals surface area (Å²) in [4.78, 5) is 41.8. The van der Waals surface area contributed by atoms with Crippen molar-refractivity contribution in [1.82, 2.24) is 0 Å². The Bertz CT molecular complexity index is 1490. The first kappa shape index (κ1) is 31.3. The van der Waals surface area contributed by atoms with Crippen molar-refractivity contribution in [2.75, 3.05) is 23.8 Å². The zero-order valence-electron chi connectivity index (χ0n) is 24.5. The summed E-state index contributed by atoms with van der Waals surface area (Å²) in [6.07, 6.45) is -0.363. The normalized spacial score (nSPS) is 21.9. The lowest BCUT2D eigenvalue weighted by molar-refractivity contribution is -0.150. The van der Waals surface area contributed by atoms with E-state index < -0.39 is 41.0 Å². The van der Waals surface area contributed by atoms with E-state index in [1.807, 2.05) is 52.0 Å². The highest BCUT2D eigenvalue weighted by Gasteiger charge is 2.56. The molecule has 1 aliphatic rings. The zero-order valence-corrected chi connectivity index (χ0v) is 26.1. The Morgan fingerprint density at radius 2 is 1.48 bits per heavy atom. The summed E-state index contributed by atoms with van der Waals surface area (Å²) in [5.74, 6) is -4.09. The van der Waals surface area contributed by atoms with Crippen LogP contribution in [0, 0.1) is 25.7 Å². The van der Waals surface area contributed by atoms with Crippen LogP contribution >= 0.6 is 15.9 Å². The minimum absolute atomic E-state index is 0.339. The molecule has 0 heterocycles. The van der Waals surface area contributed by atoms with Crippen LogP contribution in [0.5, 0.6) is 11.5 Å². The van der Waals surface area contributed by atoms with Gasteiger partial charge in [-0.05, 0) is 91.5 Å². The smallest absolute Gasteiger partial charge is 0.235 e. The highest BCUT2D eigenvalue weighted by molar-refractivity contribution is 9.10. The topological polar surface area (TPSA) is 114 Å². The first-order valence-corrected chi connectivity index (χ1v) is 14.8. The molecule has 0 aliphatic heterocycles. The number of halogens is 1. The molecule has 1 fully saturated rings. The summed E-state index contributed by atoms with van der Waals surface area (Å²) in [6, 6.07) is 18.0. The summed E-state index contributed by atoms with van der Waals surface area (Å²) in [6.45, 7) is 9.61. The fraction of sp³-hybridized carbons (Fsp3) is 0.364. The first-order chi connectivity index (χ1) is 20.0. The van der Waals surface area contributed by atoms with Crippen molar-refractivity contribution < 1.29 is 29.0 Å². The number of para-hydroxylation sites is 2. The molecule has 3 N–H and O–H groups in total. The molecule has 0 radical (unpaired) electrons. The molecule has 1 saturated carbocycles. The number of anilines is 2. The monoisotopic (exact) mass is 636 g/mol. The maximum Gasteiger partial charge on any atom is 0.235 e. The van der Waals surface area contributed by atoms with Gasteiger partial charge in [-0.25, -0.2) is 0 Å². The van der Waals surface area contributed by atoms with Crippen LogP contribution in [-0.2, 0) is 14.4 Å². The SMILES string of the molecule is CCOc1cc(C2C(C(=O)Nc3ccccc3C)C(=O)CC(C)(O)C2C(=O)Nc2ccccc2C)cc(Br)c1OCC. The van der Waals surface area contributed by atoms with Gasteiger partial charge in [0.25, 0.3) is 0 Å². The highest BCUT2D eigenvalue weighted by atomic mass is 79.9. The maximum atomic E-state index is 14.1. The lowest BCUT2D eigenvalue weighted by atomic mass is 9.61. The molecule has 9 heteroatoms. The van der Waals surface area contributed by atoms with Gasteiger partial charge in [0.2, 0.25) is 11.8 Å². The molecule has 0 bridgehead atoms. The second kappa shape index (κ2) is 13.1. The number of benzene rings is 3. The zero-order chi connectivity index (χ0) is 30.6. The Morgan fingerprint density at radius 3 is 2.02 bits per heavy atom. The fourth-order valence-electron chi connectivity index (χ4n) is 5.67. The van der Waals surface area contributed by atoms with Gasteiger partial charge in [0.05, 0.1) is 29.2 Å². The molecule has 3 aromatic carbocycles. The molecule has 3 aromatic rings. The van der Waals surface area contributed by atoms with E-state index in [4.69, 9.17) is 9.47 Å². The molecule has 0 spiro atoms. The molecule has 1 aliphatic carbocycles. The van der Waals surface area contributed by atoms with E-state index >= 15 is 0 Å². The summed E-state index contributed by atoms with van der Waals surface area (Å²) in [5, 5.41) is 17.5. The van der Waals surface area contributed by atoms with Crippen LogP contribution in [0.25, 0.3) is 0 Å². The maximum absolute atomic E-state index is 14.1. The van der Waals surface area contributed by atoms with Gasteiger partial charge in [-0.15, -0.1) is 0 Å². The predicted molar refractivity (Wildman–Crippen MR) is 166 cm³/mol. The number of Topliss-reactive ketones (excluding diaryl/α,β-unsaturated/α-hetero) is 1. The molecule has 42 heavy (non-hydrogen) atoms. The number of carbonyl (C=O) groups excluding carboxylic acids is 3. The average molecular weight is 638 g/mol. The third-order valence-electron chi connectivity index (χ3n) is 7.64.